The van der Waals surface area contributed by atoms with Crippen LogP contribution in [0.1, 0.15) is 40.0 Å². The van der Waals surface area contributed by atoms with Crippen LogP contribution in [0, 0.1) is 11.3 Å². The van der Waals surface area contributed by atoms with Crippen molar-refractivity contribution in [3.05, 3.63) is 47.6 Å². The fourth-order valence-electron chi connectivity index (χ4n) is 3.06. The monoisotopic (exact) mass is 360 g/mol. The Morgan fingerprint density at radius 2 is 1.65 bits per heavy atom. The molecule has 1 aliphatic rings. The first-order valence-corrected chi connectivity index (χ1v) is 8.65. The Bertz CT molecular complexity index is 646. The summed E-state index contributed by atoms with van der Waals surface area (Å²) in [6.45, 7) is 6.50. The lowest BCUT2D eigenvalue weighted by molar-refractivity contribution is -0.156. The Labute approximate surface area is 155 Å². The van der Waals surface area contributed by atoms with Crippen LogP contribution >= 0.6 is 0 Å². The highest BCUT2D eigenvalue weighted by atomic mass is 16.5. The maximum atomic E-state index is 12.0. The van der Waals surface area contributed by atoms with Crippen molar-refractivity contribution in [2.45, 2.75) is 40.0 Å². The van der Waals surface area contributed by atoms with Crippen LogP contribution in [0.3, 0.4) is 0 Å². The molecule has 1 aliphatic carbocycles. The van der Waals surface area contributed by atoms with Crippen LogP contribution < -0.4 is 0 Å². The minimum absolute atomic E-state index is 0.0803. The number of esters is 2. The number of hydrogen-bond acceptors (Lipinski definition) is 5. The van der Waals surface area contributed by atoms with Gasteiger partial charge in [0, 0.05) is 0 Å². The van der Waals surface area contributed by atoms with Crippen molar-refractivity contribution in [3.63, 3.8) is 0 Å². The number of methoxy groups -OCH3 is 2. The second-order valence-corrected chi connectivity index (χ2v) is 6.94. The number of ketones is 1. The van der Waals surface area contributed by atoms with Crippen molar-refractivity contribution in [2.75, 3.05) is 14.2 Å². The van der Waals surface area contributed by atoms with E-state index < -0.39 is 17.9 Å². The first-order valence-electron chi connectivity index (χ1n) is 8.65. The van der Waals surface area contributed by atoms with Crippen molar-refractivity contribution < 1.29 is 23.9 Å². The van der Waals surface area contributed by atoms with E-state index in [1.807, 2.05) is 6.08 Å². The Hall–Kier alpha value is -2.43. The van der Waals surface area contributed by atoms with Crippen LogP contribution in [0.25, 0.3) is 0 Å². The predicted molar refractivity (Wildman–Crippen MR) is 100 cm³/mol. The van der Waals surface area contributed by atoms with E-state index in [1.165, 1.54) is 56.1 Å². The third-order valence-corrected chi connectivity index (χ3v) is 4.54. The van der Waals surface area contributed by atoms with Gasteiger partial charge < -0.3 is 9.47 Å². The number of hydrogen-bond donors (Lipinski definition) is 0. The van der Waals surface area contributed by atoms with Gasteiger partial charge in [-0.05, 0) is 49.3 Å². The van der Waals surface area contributed by atoms with E-state index in [4.69, 9.17) is 0 Å². The molecule has 0 saturated carbocycles. The fourth-order valence-corrected chi connectivity index (χ4v) is 3.06. The van der Waals surface area contributed by atoms with Gasteiger partial charge in [0.25, 0.3) is 0 Å². The third kappa shape index (κ3) is 6.14. The number of carbonyl (C=O) groups is 3. The molecule has 0 aliphatic heterocycles. The van der Waals surface area contributed by atoms with Gasteiger partial charge in [-0.3, -0.25) is 14.4 Å². The number of rotatable bonds is 7. The summed E-state index contributed by atoms with van der Waals surface area (Å²) >= 11 is 0. The van der Waals surface area contributed by atoms with Gasteiger partial charge in [0.1, 0.15) is 0 Å². The van der Waals surface area contributed by atoms with E-state index in [9.17, 15) is 14.4 Å². The molecule has 0 atom stereocenters. The van der Waals surface area contributed by atoms with Crippen LogP contribution in [0.4, 0.5) is 0 Å². The standard InChI is InChI=1S/C21H28O5/c1-15-9-8-14-21(2,3)18(15)13-12-16(22)10-6-7-11-17(19(23)25-4)20(24)26-5/h6-7,10-13,17H,8-9,14H2,1-5H3. The van der Waals surface area contributed by atoms with Crippen LogP contribution in [0.15, 0.2) is 47.6 Å². The summed E-state index contributed by atoms with van der Waals surface area (Å²) in [5, 5.41) is 0. The molecule has 0 N–H and O–H groups in total. The highest BCUT2D eigenvalue weighted by Crippen LogP contribution is 2.40. The lowest BCUT2D eigenvalue weighted by Crippen LogP contribution is -2.24. The number of ether oxygens (including phenoxy) is 2. The molecule has 5 nitrogen and oxygen atoms in total. The summed E-state index contributed by atoms with van der Waals surface area (Å²) in [6, 6.07) is 0. The van der Waals surface area contributed by atoms with Gasteiger partial charge in [-0.2, -0.15) is 0 Å². The molecule has 142 valence electrons. The average molecular weight is 360 g/mol. The van der Waals surface area contributed by atoms with E-state index in [1.54, 1.807) is 6.08 Å². The molecule has 26 heavy (non-hydrogen) atoms. The topological polar surface area (TPSA) is 69.7 Å². The smallest absolute Gasteiger partial charge is 0.323 e. The molecule has 0 bridgehead atoms. The summed E-state index contributed by atoms with van der Waals surface area (Å²) in [6.07, 6.45) is 12.5. The summed E-state index contributed by atoms with van der Waals surface area (Å²) in [5.41, 5.74) is 2.63. The minimum Gasteiger partial charge on any atom is -0.468 e. The van der Waals surface area contributed by atoms with E-state index >= 15 is 0 Å². The van der Waals surface area contributed by atoms with Crippen molar-refractivity contribution >= 4 is 17.7 Å². The molecule has 0 heterocycles. The zero-order chi connectivity index (χ0) is 19.7. The van der Waals surface area contributed by atoms with Crippen LogP contribution in [-0.2, 0) is 23.9 Å². The Morgan fingerprint density at radius 1 is 1.04 bits per heavy atom. The van der Waals surface area contributed by atoms with Gasteiger partial charge in [0.15, 0.2) is 11.7 Å². The van der Waals surface area contributed by atoms with Gasteiger partial charge in [0.05, 0.1) is 14.2 Å². The van der Waals surface area contributed by atoms with Gasteiger partial charge in [-0.15, -0.1) is 0 Å². The van der Waals surface area contributed by atoms with E-state index in [-0.39, 0.29) is 11.2 Å². The van der Waals surface area contributed by atoms with Gasteiger partial charge in [0.2, 0.25) is 0 Å². The van der Waals surface area contributed by atoms with Gasteiger partial charge >= 0.3 is 11.9 Å². The van der Waals surface area contributed by atoms with Crippen LogP contribution in [-0.4, -0.2) is 31.9 Å². The second-order valence-electron chi connectivity index (χ2n) is 6.94. The van der Waals surface area contributed by atoms with Crippen molar-refractivity contribution in [2.24, 2.45) is 11.3 Å². The molecular weight excluding hydrogens is 332 g/mol. The zero-order valence-electron chi connectivity index (χ0n) is 16.2. The molecule has 1 rings (SSSR count). The van der Waals surface area contributed by atoms with E-state index in [2.05, 4.69) is 30.2 Å². The number of carbonyl (C=O) groups excluding carboxylic acids is 3. The average Bonchev–Trinajstić information content (AvgIpc) is 2.59. The van der Waals surface area contributed by atoms with Crippen molar-refractivity contribution in [1.82, 2.24) is 0 Å². The molecule has 0 fully saturated rings. The lowest BCUT2D eigenvalue weighted by Gasteiger charge is -2.32. The van der Waals surface area contributed by atoms with Gasteiger partial charge in [-0.25, -0.2) is 0 Å². The summed E-state index contributed by atoms with van der Waals surface area (Å²) < 4.78 is 9.10. The Morgan fingerprint density at radius 3 is 2.19 bits per heavy atom. The molecule has 0 saturated heterocycles. The molecule has 0 spiro atoms. The normalized spacial score (nSPS) is 17.5. The molecule has 5 heteroatoms. The third-order valence-electron chi connectivity index (χ3n) is 4.54. The predicted octanol–water partition coefficient (Wildman–Crippen LogP) is 3.71. The SMILES string of the molecule is COC(=O)C(C=CC=CC(=O)C=CC1=C(C)CCCC1(C)C)C(=O)OC. The van der Waals surface area contributed by atoms with E-state index in [0.29, 0.717) is 0 Å². The highest BCUT2D eigenvalue weighted by molar-refractivity contribution is 6.00. The lowest BCUT2D eigenvalue weighted by atomic mass is 9.72. The summed E-state index contributed by atoms with van der Waals surface area (Å²) in [5.74, 6) is -2.73. The molecule has 0 aromatic heterocycles. The summed E-state index contributed by atoms with van der Waals surface area (Å²) in [7, 11) is 2.39. The summed E-state index contributed by atoms with van der Waals surface area (Å²) in [4.78, 5) is 35.1. The molecule has 0 unspecified atom stereocenters. The molecule has 0 aromatic carbocycles. The van der Waals surface area contributed by atoms with Gasteiger partial charge in [-0.1, -0.05) is 43.7 Å². The maximum absolute atomic E-state index is 12.0. The quantitative estimate of drug-likeness (QED) is 0.300. The zero-order valence-corrected chi connectivity index (χ0v) is 16.2. The number of allylic oxidation sites excluding steroid dienone is 7. The first kappa shape index (κ1) is 21.6. The van der Waals surface area contributed by atoms with Crippen molar-refractivity contribution in [3.8, 4) is 0 Å². The largest absolute Gasteiger partial charge is 0.468 e. The molecule has 0 amide bonds. The van der Waals surface area contributed by atoms with E-state index in [0.717, 1.165) is 12.8 Å². The molecule has 0 radical (unpaired) electrons. The van der Waals surface area contributed by atoms with Crippen LogP contribution in [0.5, 0.6) is 0 Å². The second kappa shape index (κ2) is 9.90. The van der Waals surface area contributed by atoms with Crippen LogP contribution in [0.2, 0.25) is 0 Å². The first-order chi connectivity index (χ1) is 12.2. The molecular formula is C21H28O5. The Balaban J connectivity index is 2.75. The molecule has 0 aromatic rings. The highest BCUT2D eigenvalue weighted by Gasteiger charge is 2.26. The fraction of sp³-hybridized carbons (Fsp3) is 0.476. The maximum Gasteiger partial charge on any atom is 0.323 e. The minimum atomic E-state index is -1.14. The van der Waals surface area contributed by atoms with Crippen molar-refractivity contribution in [1.29, 1.82) is 0 Å². The Kier molecular flexibility index (Phi) is 8.23.